The number of Topliss-reactive ketones (excluding diaryl/α,β-unsaturated/α-hetero) is 1. The quantitative estimate of drug-likeness (QED) is 0.599. The summed E-state index contributed by atoms with van der Waals surface area (Å²) in [6, 6.07) is 0. The van der Waals surface area contributed by atoms with Crippen LogP contribution in [0.1, 0.15) is 20.3 Å². The summed E-state index contributed by atoms with van der Waals surface area (Å²) in [7, 11) is 3.52. The molecular weight excluding hydrogens is 166 g/mol. The Kier molecular flexibility index (Phi) is 6.82. The lowest BCUT2D eigenvalue weighted by Crippen LogP contribution is -2.29. The van der Waals surface area contributed by atoms with Crippen LogP contribution in [0.3, 0.4) is 0 Å². The Morgan fingerprint density at radius 2 is 2.08 bits per heavy atom. The Balaban J connectivity index is 3.49. The van der Waals surface area contributed by atoms with Gasteiger partial charge in [-0.15, -0.1) is 0 Å². The number of ether oxygens (including phenoxy) is 1. The van der Waals surface area contributed by atoms with Gasteiger partial charge in [0.1, 0.15) is 6.61 Å². The predicted octanol–water partition coefficient (Wildman–Crippen LogP) is 1.18. The van der Waals surface area contributed by atoms with Gasteiger partial charge in [0.25, 0.3) is 0 Å². The number of hydrogen-bond donors (Lipinski definition) is 0. The molecule has 0 rings (SSSR count). The maximum Gasteiger partial charge on any atom is 0.172 e. The van der Waals surface area contributed by atoms with E-state index in [9.17, 15) is 4.79 Å². The minimum atomic E-state index is 0.147. The van der Waals surface area contributed by atoms with Crippen molar-refractivity contribution in [1.82, 2.24) is 4.90 Å². The Bertz CT molecular complexity index is 146. The number of hydrogen-bond acceptors (Lipinski definition) is 3. The molecule has 0 amide bonds. The summed E-state index contributed by atoms with van der Waals surface area (Å²) in [6.45, 7) is 6.08. The van der Waals surface area contributed by atoms with Gasteiger partial charge < -0.3 is 4.74 Å². The van der Waals surface area contributed by atoms with Gasteiger partial charge in [-0.2, -0.15) is 0 Å². The van der Waals surface area contributed by atoms with Gasteiger partial charge in [-0.1, -0.05) is 13.8 Å². The van der Waals surface area contributed by atoms with Crippen molar-refractivity contribution in [3.63, 3.8) is 0 Å². The first kappa shape index (κ1) is 12.6. The minimum Gasteiger partial charge on any atom is -0.377 e. The Hall–Kier alpha value is -0.410. The first-order valence-corrected chi connectivity index (χ1v) is 4.75. The number of ketones is 1. The molecule has 0 unspecified atom stereocenters. The SMILES string of the molecule is COCC(=O)CN(C)CCC(C)C. The highest BCUT2D eigenvalue weighted by Gasteiger charge is 2.06. The fourth-order valence-electron chi connectivity index (χ4n) is 1.07. The summed E-state index contributed by atoms with van der Waals surface area (Å²) < 4.78 is 4.75. The van der Waals surface area contributed by atoms with E-state index in [1.54, 1.807) is 7.11 Å². The molecule has 0 saturated heterocycles. The van der Waals surface area contributed by atoms with E-state index in [-0.39, 0.29) is 12.4 Å². The second kappa shape index (κ2) is 7.04. The number of rotatable bonds is 7. The van der Waals surface area contributed by atoms with Gasteiger partial charge in [0.2, 0.25) is 0 Å². The van der Waals surface area contributed by atoms with E-state index in [0.29, 0.717) is 12.5 Å². The van der Waals surface area contributed by atoms with Gasteiger partial charge in [-0.05, 0) is 25.9 Å². The van der Waals surface area contributed by atoms with Crippen LogP contribution in [-0.2, 0) is 9.53 Å². The number of carbonyl (C=O) groups is 1. The zero-order chi connectivity index (χ0) is 10.3. The molecule has 0 aromatic carbocycles. The standard InChI is InChI=1S/C10H21NO2/c1-9(2)5-6-11(3)7-10(12)8-13-4/h9H,5-8H2,1-4H3. The van der Waals surface area contributed by atoms with Crippen LogP contribution < -0.4 is 0 Å². The summed E-state index contributed by atoms with van der Waals surface area (Å²) >= 11 is 0. The van der Waals surface area contributed by atoms with Crippen LogP contribution in [0.25, 0.3) is 0 Å². The van der Waals surface area contributed by atoms with Crippen molar-refractivity contribution in [3.8, 4) is 0 Å². The molecular formula is C10H21NO2. The second-order valence-corrected chi connectivity index (χ2v) is 3.89. The van der Waals surface area contributed by atoms with Crippen LogP contribution in [0.15, 0.2) is 0 Å². The summed E-state index contributed by atoms with van der Waals surface area (Å²) in [6.07, 6.45) is 1.14. The Morgan fingerprint density at radius 1 is 1.46 bits per heavy atom. The molecule has 0 atom stereocenters. The second-order valence-electron chi connectivity index (χ2n) is 3.89. The minimum absolute atomic E-state index is 0.147. The maximum atomic E-state index is 11.1. The smallest absolute Gasteiger partial charge is 0.172 e. The van der Waals surface area contributed by atoms with Crippen molar-refractivity contribution in [2.75, 3.05) is 33.9 Å². The van der Waals surface area contributed by atoms with Crippen LogP contribution in [0, 0.1) is 5.92 Å². The zero-order valence-corrected chi connectivity index (χ0v) is 9.17. The first-order valence-electron chi connectivity index (χ1n) is 4.75. The lowest BCUT2D eigenvalue weighted by atomic mass is 10.1. The van der Waals surface area contributed by atoms with Crippen LogP contribution in [0.2, 0.25) is 0 Å². The molecule has 0 fully saturated rings. The molecule has 0 spiro atoms. The molecule has 0 aliphatic carbocycles. The number of nitrogens with zero attached hydrogens (tertiary/aromatic N) is 1. The molecule has 3 nitrogen and oxygen atoms in total. The molecule has 78 valence electrons. The molecule has 0 N–H and O–H groups in total. The fourth-order valence-corrected chi connectivity index (χ4v) is 1.07. The average Bonchev–Trinajstić information content (AvgIpc) is 2.01. The van der Waals surface area contributed by atoms with Crippen LogP contribution in [-0.4, -0.2) is 44.5 Å². The molecule has 0 saturated carbocycles. The fraction of sp³-hybridized carbons (Fsp3) is 0.900. The van der Waals surface area contributed by atoms with E-state index < -0.39 is 0 Å². The van der Waals surface area contributed by atoms with Crippen molar-refractivity contribution in [2.45, 2.75) is 20.3 Å². The summed E-state index contributed by atoms with van der Waals surface area (Å²) in [5, 5.41) is 0. The van der Waals surface area contributed by atoms with Crippen LogP contribution >= 0.6 is 0 Å². The largest absolute Gasteiger partial charge is 0.377 e. The molecule has 0 aliphatic heterocycles. The normalized spacial score (nSPS) is 11.2. The highest BCUT2D eigenvalue weighted by molar-refractivity contribution is 5.81. The molecule has 0 aliphatic rings. The van der Waals surface area contributed by atoms with Gasteiger partial charge in [-0.3, -0.25) is 9.69 Å². The summed E-state index contributed by atoms with van der Waals surface area (Å²) in [5.74, 6) is 0.841. The monoisotopic (exact) mass is 187 g/mol. The Labute approximate surface area is 81.1 Å². The number of likely N-dealkylation sites (N-methyl/N-ethyl adjacent to an activating group) is 1. The van der Waals surface area contributed by atoms with Crippen LogP contribution in [0.5, 0.6) is 0 Å². The van der Waals surface area contributed by atoms with Gasteiger partial charge in [0, 0.05) is 7.11 Å². The summed E-state index contributed by atoms with van der Waals surface area (Å²) in [5.41, 5.74) is 0. The lowest BCUT2D eigenvalue weighted by molar-refractivity contribution is -0.123. The maximum absolute atomic E-state index is 11.1. The molecule has 0 aromatic rings. The van der Waals surface area contributed by atoms with Crippen LogP contribution in [0.4, 0.5) is 0 Å². The van der Waals surface area contributed by atoms with Gasteiger partial charge in [0.15, 0.2) is 5.78 Å². The molecule has 3 heteroatoms. The van der Waals surface area contributed by atoms with E-state index in [0.717, 1.165) is 13.0 Å². The zero-order valence-electron chi connectivity index (χ0n) is 9.17. The third kappa shape index (κ3) is 7.94. The lowest BCUT2D eigenvalue weighted by Gasteiger charge is -2.16. The van der Waals surface area contributed by atoms with E-state index in [4.69, 9.17) is 4.74 Å². The van der Waals surface area contributed by atoms with E-state index in [2.05, 4.69) is 13.8 Å². The number of carbonyl (C=O) groups excluding carboxylic acids is 1. The predicted molar refractivity (Wildman–Crippen MR) is 53.8 cm³/mol. The van der Waals surface area contributed by atoms with Gasteiger partial charge >= 0.3 is 0 Å². The molecule has 0 heterocycles. The molecule has 13 heavy (non-hydrogen) atoms. The topological polar surface area (TPSA) is 29.5 Å². The molecule has 0 bridgehead atoms. The summed E-state index contributed by atoms with van der Waals surface area (Å²) in [4.78, 5) is 13.2. The van der Waals surface area contributed by atoms with Crippen molar-refractivity contribution in [1.29, 1.82) is 0 Å². The third-order valence-corrected chi connectivity index (χ3v) is 1.84. The van der Waals surface area contributed by atoms with Crippen molar-refractivity contribution < 1.29 is 9.53 Å². The van der Waals surface area contributed by atoms with E-state index >= 15 is 0 Å². The average molecular weight is 187 g/mol. The highest BCUT2D eigenvalue weighted by atomic mass is 16.5. The highest BCUT2D eigenvalue weighted by Crippen LogP contribution is 2.00. The Morgan fingerprint density at radius 3 is 2.54 bits per heavy atom. The van der Waals surface area contributed by atoms with Gasteiger partial charge in [0.05, 0.1) is 6.54 Å². The van der Waals surface area contributed by atoms with E-state index in [1.165, 1.54) is 0 Å². The van der Waals surface area contributed by atoms with Gasteiger partial charge in [-0.25, -0.2) is 0 Å². The molecule has 0 aromatic heterocycles. The van der Waals surface area contributed by atoms with Crippen molar-refractivity contribution in [2.24, 2.45) is 5.92 Å². The van der Waals surface area contributed by atoms with Crippen molar-refractivity contribution in [3.05, 3.63) is 0 Å². The first-order chi connectivity index (χ1) is 6.06. The van der Waals surface area contributed by atoms with E-state index in [1.807, 2.05) is 11.9 Å². The molecule has 0 radical (unpaired) electrons. The third-order valence-electron chi connectivity index (χ3n) is 1.84. The number of methoxy groups -OCH3 is 1. The van der Waals surface area contributed by atoms with Crippen molar-refractivity contribution >= 4 is 5.78 Å².